The van der Waals surface area contributed by atoms with Crippen molar-refractivity contribution < 1.29 is 4.79 Å². The molecule has 24 heavy (non-hydrogen) atoms. The molecule has 0 N–H and O–H groups in total. The van der Waals surface area contributed by atoms with Crippen LogP contribution in [0, 0.1) is 0 Å². The first-order valence-electron chi connectivity index (χ1n) is 7.58. The van der Waals surface area contributed by atoms with Crippen molar-refractivity contribution in [2.24, 2.45) is 0 Å². The molecule has 0 saturated heterocycles. The van der Waals surface area contributed by atoms with Gasteiger partial charge in [0, 0.05) is 24.9 Å². The lowest BCUT2D eigenvalue weighted by molar-refractivity contribution is 0.0777. The molecule has 3 aromatic heterocycles. The summed E-state index contributed by atoms with van der Waals surface area (Å²) in [5.74, 6) is 0.218. The maximum atomic E-state index is 12.8. The quantitative estimate of drug-likeness (QED) is 0.725. The molecule has 0 aliphatic heterocycles. The van der Waals surface area contributed by atoms with Crippen LogP contribution in [0.4, 0.5) is 0 Å². The van der Waals surface area contributed by atoms with Crippen LogP contribution in [-0.4, -0.2) is 47.4 Å². The highest BCUT2D eigenvalue weighted by molar-refractivity contribution is 5.92. The number of carbonyl (C=O) groups is 1. The Kier molecular flexibility index (Phi) is 3.96. The van der Waals surface area contributed by atoms with Crippen molar-refractivity contribution in [2.75, 3.05) is 7.05 Å². The first kappa shape index (κ1) is 16.0. The number of amides is 1. The molecule has 0 bridgehead atoms. The van der Waals surface area contributed by atoms with Gasteiger partial charge in [-0.15, -0.1) is 0 Å². The van der Waals surface area contributed by atoms with Gasteiger partial charge in [0.2, 0.25) is 0 Å². The average molecular weight is 325 g/mol. The van der Waals surface area contributed by atoms with Gasteiger partial charge in [0.05, 0.1) is 24.1 Å². The van der Waals surface area contributed by atoms with E-state index in [-0.39, 0.29) is 11.3 Å². The van der Waals surface area contributed by atoms with Gasteiger partial charge >= 0.3 is 0 Å². The van der Waals surface area contributed by atoms with Crippen molar-refractivity contribution in [3.63, 3.8) is 0 Å². The molecule has 0 spiro atoms. The summed E-state index contributed by atoms with van der Waals surface area (Å²) >= 11 is 0. The van der Waals surface area contributed by atoms with Gasteiger partial charge < -0.3 is 4.90 Å². The van der Waals surface area contributed by atoms with Crippen LogP contribution >= 0.6 is 0 Å². The van der Waals surface area contributed by atoms with Crippen molar-refractivity contribution in [1.82, 2.24) is 34.4 Å². The molecule has 0 unspecified atom stereocenters. The van der Waals surface area contributed by atoms with E-state index < -0.39 is 0 Å². The molecule has 124 valence electrons. The van der Waals surface area contributed by atoms with Crippen molar-refractivity contribution >= 4 is 11.7 Å². The molecule has 1 amide bonds. The fraction of sp³-hybridized carbons (Fsp3) is 0.375. The van der Waals surface area contributed by atoms with E-state index in [0.717, 1.165) is 5.69 Å². The van der Waals surface area contributed by atoms with Crippen LogP contribution in [0.3, 0.4) is 0 Å². The Morgan fingerprint density at radius 3 is 2.71 bits per heavy atom. The minimum atomic E-state index is -0.201. The van der Waals surface area contributed by atoms with Crippen LogP contribution in [0.2, 0.25) is 0 Å². The van der Waals surface area contributed by atoms with Crippen molar-refractivity contribution in [3.8, 4) is 0 Å². The van der Waals surface area contributed by atoms with Gasteiger partial charge in [0.25, 0.3) is 11.7 Å². The van der Waals surface area contributed by atoms with E-state index in [4.69, 9.17) is 0 Å². The largest absolute Gasteiger partial charge is 0.334 e. The van der Waals surface area contributed by atoms with Gasteiger partial charge in [0.15, 0.2) is 0 Å². The lowest BCUT2D eigenvalue weighted by Crippen LogP contribution is -2.29. The number of fused-ring (bicyclic) bond motifs is 1. The molecule has 0 saturated carbocycles. The van der Waals surface area contributed by atoms with Crippen LogP contribution in [0.25, 0.3) is 5.78 Å². The van der Waals surface area contributed by atoms with Crippen LogP contribution in [0.1, 0.15) is 42.6 Å². The Morgan fingerprint density at radius 1 is 1.25 bits per heavy atom. The molecule has 0 aliphatic rings. The summed E-state index contributed by atoms with van der Waals surface area (Å²) < 4.78 is 1.67. The minimum Gasteiger partial charge on any atom is -0.334 e. The lowest BCUT2D eigenvalue weighted by Gasteiger charge is -2.21. The number of hydrogen-bond acceptors (Lipinski definition) is 6. The first-order chi connectivity index (χ1) is 11.4. The summed E-state index contributed by atoms with van der Waals surface area (Å²) in [5.41, 5.74) is 1.73. The first-order valence-corrected chi connectivity index (χ1v) is 7.58. The summed E-state index contributed by atoms with van der Waals surface area (Å²) in [6.07, 6.45) is 6.28. The van der Waals surface area contributed by atoms with E-state index in [1.54, 1.807) is 41.1 Å². The number of carbonyl (C=O) groups excluding carboxylic acids is 1. The lowest BCUT2D eigenvalue weighted by atomic mass is 9.91. The monoisotopic (exact) mass is 325 g/mol. The highest BCUT2D eigenvalue weighted by Gasteiger charge is 2.23. The second-order valence-corrected chi connectivity index (χ2v) is 6.61. The van der Waals surface area contributed by atoms with Crippen molar-refractivity contribution in [3.05, 3.63) is 48.1 Å². The molecule has 0 fully saturated rings. The molecule has 0 radical (unpaired) electrons. The summed E-state index contributed by atoms with van der Waals surface area (Å²) in [5, 5.41) is 4.20. The summed E-state index contributed by atoms with van der Waals surface area (Å²) in [6.45, 7) is 6.53. The zero-order valence-electron chi connectivity index (χ0n) is 14.1. The van der Waals surface area contributed by atoms with Crippen molar-refractivity contribution in [2.45, 2.75) is 32.7 Å². The summed E-state index contributed by atoms with van der Waals surface area (Å²) in [6, 6.07) is 1.77. The molecule has 0 aliphatic carbocycles. The SMILES string of the molecule is CN(Cc1cnccn1)C(=O)c1cc(C(C)(C)C)n2ncnc2n1. The van der Waals surface area contributed by atoms with E-state index in [2.05, 4.69) is 45.8 Å². The second kappa shape index (κ2) is 5.95. The molecule has 8 nitrogen and oxygen atoms in total. The molecular formula is C16H19N7O. The van der Waals surface area contributed by atoms with Crippen LogP contribution in [-0.2, 0) is 12.0 Å². The third-order valence-electron chi connectivity index (χ3n) is 3.60. The van der Waals surface area contributed by atoms with Gasteiger partial charge in [-0.1, -0.05) is 20.8 Å². The molecule has 0 atom stereocenters. The van der Waals surface area contributed by atoms with Crippen LogP contribution < -0.4 is 0 Å². The van der Waals surface area contributed by atoms with Crippen LogP contribution in [0.5, 0.6) is 0 Å². The third-order valence-corrected chi connectivity index (χ3v) is 3.60. The van der Waals surface area contributed by atoms with Gasteiger partial charge in [-0.05, 0) is 6.07 Å². The van der Waals surface area contributed by atoms with E-state index in [1.807, 2.05) is 0 Å². The third kappa shape index (κ3) is 3.08. The predicted octanol–water partition coefficient (Wildman–Crippen LogP) is 1.48. The topological polar surface area (TPSA) is 89.2 Å². The highest BCUT2D eigenvalue weighted by atomic mass is 16.2. The fourth-order valence-corrected chi connectivity index (χ4v) is 2.38. The van der Waals surface area contributed by atoms with E-state index >= 15 is 0 Å². The zero-order valence-corrected chi connectivity index (χ0v) is 14.1. The molecular weight excluding hydrogens is 306 g/mol. The van der Waals surface area contributed by atoms with Gasteiger partial charge in [-0.3, -0.25) is 14.8 Å². The van der Waals surface area contributed by atoms with Gasteiger partial charge in [-0.2, -0.15) is 10.1 Å². The number of nitrogens with zero attached hydrogens (tertiary/aromatic N) is 7. The fourth-order valence-electron chi connectivity index (χ4n) is 2.38. The van der Waals surface area contributed by atoms with Crippen LogP contribution in [0.15, 0.2) is 31.0 Å². The Hall–Kier alpha value is -2.90. The Labute approximate surface area is 139 Å². The van der Waals surface area contributed by atoms with E-state index in [9.17, 15) is 4.79 Å². The standard InChI is InChI=1S/C16H19N7O/c1-16(2,3)13-7-12(21-15-19-10-20-23(13)15)14(24)22(4)9-11-8-17-5-6-18-11/h5-8,10H,9H2,1-4H3. The second-order valence-electron chi connectivity index (χ2n) is 6.61. The smallest absolute Gasteiger partial charge is 0.272 e. The normalized spacial score (nSPS) is 11.7. The maximum absolute atomic E-state index is 12.8. The minimum absolute atomic E-state index is 0.198. The molecule has 3 aromatic rings. The highest BCUT2D eigenvalue weighted by Crippen LogP contribution is 2.23. The number of hydrogen-bond donors (Lipinski definition) is 0. The van der Waals surface area contributed by atoms with Crippen molar-refractivity contribution in [1.29, 1.82) is 0 Å². The Balaban J connectivity index is 1.95. The molecule has 3 heterocycles. The van der Waals surface area contributed by atoms with E-state index in [0.29, 0.717) is 23.7 Å². The molecule has 3 rings (SSSR count). The molecule has 0 aromatic carbocycles. The Morgan fingerprint density at radius 2 is 2.04 bits per heavy atom. The molecule has 8 heteroatoms. The Bertz CT molecular complexity index is 867. The average Bonchev–Trinajstić information content (AvgIpc) is 3.01. The predicted molar refractivity (Wildman–Crippen MR) is 87.3 cm³/mol. The zero-order chi connectivity index (χ0) is 17.3. The number of rotatable bonds is 3. The van der Waals surface area contributed by atoms with Gasteiger partial charge in [0.1, 0.15) is 12.0 Å². The van der Waals surface area contributed by atoms with E-state index in [1.165, 1.54) is 6.33 Å². The summed E-state index contributed by atoms with van der Waals surface area (Å²) in [7, 11) is 1.71. The maximum Gasteiger partial charge on any atom is 0.272 e. The summed E-state index contributed by atoms with van der Waals surface area (Å²) in [4.78, 5) is 31.0. The van der Waals surface area contributed by atoms with Gasteiger partial charge in [-0.25, -0.2) is 9.50 Å². The number of aromatic nitrogens is 6.